The van der Waals surface area contributed by atoms with Crippen LogP contribution >= 0.6 is 0 Å². The summed E-state index contributed by atoms with van der Waals surface area (Å²) in [4.78, 5) is 19.5. The SMILES string of the molecule is CCC1CN(c2nccc(C#N)c2[N+](=O)[O-])CCN1Cc1ccccc1. The van der Waals surface area contributed by atoms with Gasteiger partial charge in [0, 0.05) is 38.4 Å². The number of aromatic nitrogens is 1. The lowest BCUT2D eigenvalue weighted by molar-refractivity contribution is -0.384. The lowest BCUT2D eigenvalue weighted by atomic mass is 10.1. The number of hydrogen-bond acceptors (Lipinski definition) is 6. The molecule has 1 aliphatic rings. The number of rotatable bonds is 5. The maximum Gasteiger partial charge on any atom is 0.329 e. The summed E-state index contributed by atoms with van der Waals surface area (Å²) in [6.07, 6.45) is 2.41. The molecular weight excluding hydrogens is 330 g/mol. The van der Waals surface area contributed by atoms with Gasteiger partial charge in [0.1, 0.15) is 11.6 Å². The summed E-state index contributed by atoms with van der Waals surface area (Å²) in [5.41, 5.74) is 1.12. The molecule has 0 spiro atoms. The quantitative estimate of drug-likeness (QED) is 0.608. The Morgan fingerprint density at radius 1 is 1.31 bits per heavy atom. The molecule has 1 aliphatic heterocycles. The molecule has 0 bridgehead atoms. The molecule has 1 aromatic heterocycles. The number of nitro groups is 1. The molecule has 2 heterocycles. The van der Waals surface area contributed by atoms with Crippen molar-refractivity contribution in [3.8, 4) is 6.07 Å². The molecule has 7 nitrogen and oxygen atoms in total. The first-order chi connectivity index (χ1) is 12.6. The number of anilines is 1. The van der Waals surface area contributed by atoms with Gasteiger partial charge in [-0.2, -0.15) is 5.26 Å². The van der Waals surface area contributed by atoms with Gasteiger partial charge in [0.2, 0.25) is 5.82 Å². The van der Waals surface area contributed by atoms with Crippen molar-refractivity contribution in [2.24, 2.45) is 0 Å². The predicted molar refractivity (Wildman–Crippen MR) is 98.8 cm³/mol. The topological polar surface area (TPSA) is 86.3 Å². The van der Waals surface area contributed by atoms with Crippen molar-refractivity contribution in [3.05, 3.63) is 63.8 Å². The van der Waals surface area contributed by atoms with Crippen LogP contribution in [0.3, 0.4) is 0 Å². The lowest BCUT2D eigenvalue weighted by Gasteiger charge is -2.41. The molecule has 26 heavy (non-hydrogen) atoms. The average molecular weight is 351 g/mol. The van der Waals surface area contributed by atoms with E-state index >= 15 is 0 Å². The Kier molecular flexibility index (Phi) is 5.44. The van der Waals surface area contributed by atoms with Crippen LogP contribution in [0.15, 0.2) is 42.6 Å². The number of nitrogens with zero attached hydrogens (tertiary/aromatic N) is 5. The zero-order valence-corrected chi connectivity index (χ0v) is 14.7. The van der Waals surface area contributed by atoms with Crippen molar-refractivity contribution < 1.29 is 4.92 Å². The van der Waals surface area contributed by atoms with Crippen molar-refractivity contribution in [3.63, 3.8) is 0 Å². The molecule has 3 rings (SSSR count). The maximum atomic E-state index is 11.5. The van der Waals surface area contributed by atoms with Gasteiger partial charge in [-0.1, -0.05) is 37.3 Å². The first-order valence-electron chi connectivity index (χ1n) is 8.70. The average Bonchev–Trinajstić information content (AvgIpc) is 2.68. The minimum absolute atomic E-state index is 0.0553. The Labute approximate surface area is 152 Å². The van der Waals surface area contributed by atoms with E-state index in [1.807, 2.05) is 29.2 Å². The zero-order valence-electron chi connectivity index (χ0n) is 14.7. The van der Waals surface area contributed by atoms with Crippen LogP contribution in [0.1, 0.15) is 24.5 Å². The van der Waals surface area contributed by atoms with Gasteiger partial charge in [-0.25, -0.2) is 4.98 Å². The molecule has 0 radical (unpaired) electrons. The second-order valence-electron chi connectivity index (χ2n) is 6.36. The van der Waals surface area contributed by atoms with Gasteiger partial charge in [-0.15, -0.1) is 0 Å². The Morgan fingerprint density at radius 2 is 2.08 bits per heavy atom. The van der Waals surface area contributed by atoms with Crippen LogP contribution in [0.5, 0.6) is 0 Å². The molecule has 1 saturated heterocycles. The van der Waals surface area contributed by atoms with Crippen molar-refractivity contribution in [2.75, 3.05) is 24.5 Å². The first kappa shape index (κ1) is 17.8. The fraction of sp³-hybridized carbons (Fsp3) is 0.368. The fourth-order valence-electron chi connectivity index (χ4n) is 3.44. The summed E-state index contributed by atoms with van der Waals surface area (Å²) in [5, 5.41) is 20.7. The summed E-state index contributed by atoms with van der Waals surface area (Å²) in [7, 11) is 0. The molecule has 0 N–H and O–H groups in total. The molecule has 134 valence electrons. The number of benzene rings is 1. The van der Waals surface area contributed by atoms with E-state index in [4.69, 9.17) is 0 Å². The van der Waals surface area contributed by atoms with Crippen molar-refractivity contribution in [2.45, 2.75) is 25.9 Å². The summed E-state index contributed by atoms with van der Waals surface area (Å²) < 4.78 is 0. The fourth-order valence-corrected chi connectivity index (χ4v) is 3.44. The van der Waals surface area contributed by atoms with E-state index in [0.29, 0.717) is 18.9 Å². The molecule has 0 saturated carbocycles. The molecule has 1 fully saturated rings. The highest BCUT2D eigenvalue weighted by Gasteiger charge is 2.31. The van der Waals surface area contributed by atoms with Gasteiger partial charge in [-0.3, -0.25) is 15.0 Å². The molecule has 2 aromatic rings. The minimum Gasteiger partial charge on any atom is -0.348 e. The number of piperazine rings is 1. The van der Waals surface area contributed by atoms with Gasteiger partial charge in [-0.05, 0) is 18.1 Å². The Bertz CT molecular complexity index is 818. The number of nitriles is 1. The number of hydrogen-bond donors (Lipinski definition) is 0. The third kappa shape index (κ3) is 3.65. The van der Waals surface area contributed by atoms with E-state index in [-0.39, 0.29) is 17.3 Å². The lowest BCUT2D eigenvalue weighted by Crippen LogP contribution is -2.52. The Hall–Kier alpha value is -2.98. The smallest absolute Gasteiger partial charge is 0.329 e. The van der Waals surface area contributed by atoms with E-state index in [1.165, 1.54) is 17.8 Å². The highest BCUT2D eigenvalue weighted by Crippen LogP contribution is 2.31. The van der Waals surface area contributed by atoms with Crippen molar-refractivity contribution in [1.82, 2.24) is 9.88 Å². The molecule has 1 atom stereocenters. The second-order valence-corrected chi connectivity index (χ2v) is 6.36. The molecule has 1 unspecified atom stereocenters. The van der Waals surface area contributed by atoms with Crippen LogP contribution in [-0.2, 0) is 6.54 Å². The molecule has 0 amide bonds. The van der Waals surface area contributed by atoms with Crippen LogP contribution in [0.4, 0.5) is 11.5 Å². The summed E-state index contributed by atoms with van der Waals surface area (Å²) in [6, 6.07) is 13.9. The van der Waals surface area contributed by atoms with Gasteiger partial charge in [0.15, 0.2) is 0 Å². The van der Waals surface area contributed by atoms with Crippen LogP contribution in [0, 0.1) is 21.4 Å². The summed E-state index contributed by atoms with van der Waals surface area (Å²) >= 11 is 0. The standard InChI is InChI=1S/C19H21N5O2/c1-2-17-14-23(11-10-22(17)13-15-6-4-3-5-7-15)19-18(24(25)26)16(12-20)8-9-21-19/h3-9,17H,2,10-11,13-14H2,1H3. The highest BCUT2D eigenvalue weighted by atomic mass is 16.6. The first-order valence-corrected chi connectivity index (χ1v) is 8.70. The normalized spacial score (nSPS) is 17.7. The van der Waals surface area contributed by atoms with Gasteiger partial charge >= 0.3 is 5.69 Å². The highest BCUT2D eigenvalue weighted by molar-refractivity contribution is 5.65. The maximum absolute atomic E-state index is 11.5. The molecule has 7 heteroatoms. The zero-order chi connectivity index (χ0) is 18.5. The van der Waals surface area contributed by atoms with E-state index in [0.717, 1.165) is 19.5 Å². The Balaban J connectivity index is 1.81. The minimum atomic E-state index is -0.502. The van der Waals surface area contributed by atoms with Crippen LogP contribution < -0.4 is 4.90 Å². The largest absolute Gasteiger partial charge is 0.348 e. The van der Waals surface area contributed by atoms with E-state index in [9.17, 15) is 15.4 Å². The number of pyridine rings is 1. The molecule has 0 aliphatic carbocycles. The van der Waals surface area contributed by atoms with Crippen LogP contribution in [0.25, 0.3) is 0 Å². The third-order valence-corrected chi connectivity index (χ3v) is 4.81. The molecular formula is C19H21N5O2. The van der Waals surface area contributed by atoms with E-state index < -0.39 is 4.92 Å². The summed E-state index contributed by atoms with van der Waals surface area (Å²) in [5.74, 6) is 0.298. The van der Waals surface area contributed by atoms with E-state index in [1.54, 1.807) is 0 Å². The van der Waals surface area contributed by atoms with Crippen LogP contribution in [-0.4, -0.2) is 40.5 Å². The van der Waals surface area contributed by atoms with Crippen molar-refractivity contribution >= 4 is 11.5 Å². The Morgan fingerprint density at radius 3 is 2.73 bits per heavy atom. The van der Waals surface area contributed by atoms with Gasteiger partial charge < -0.3 is 4.90 Å². The second kappa shape index (κ2) is 7.93. The van der Waals surface area contributed by atoms with Gasteiger partial charge in [0.05, 0.1) is 4.92 Å². The predicted octanol–water partition coefficient (Wildman–Crippen LogP) is 2.96. The van der Waals surface area contributed by atoms with Gasteiger partial charge in [0.25, 0.3) is 0 Å². The summed E-state index contributed by atoms with van der Waals surface area (Å²) in [6.45, 7) is 5.09. The molecule has 1 aromatic carbocycles. The van der Waals surface area contributed by atoms with E-state index in [2.05, 4.69) is 28.9 Å². The third-order valence-electron chi connectivity index (χ3n) is 4.81. The monoisotopic (exact) mass is 351 g/mol. The van der Waals surface area contributed by atoms with Crippen molar-refractivity contribution in [1.29, 1.82) is 5.26 Å². The van der Waals surface area contributed by atoms with Crippen LogP contribution in [0.2, 0.25) is 0 Å².